The van der Waals surface area contributed by atoms with Crippen LogP contribution in [-0.2, 0) is 6.42 Å². The topological polar surface area (TPSA) is 41.3 Å². The number of nitrogens with zero attached hydrogens (tertiary/aromatic N) is 1. The number of aryl methyl sites for hydroxylation is 1. The predicted molar refractivity (Wildman–Crippen MR) is 82.5 cm³/mol. The molecule has 1 aromatic rings. The molecule has 2 rings (SSSR count). The molecule has 18 heavy (non-hydrogen) atoms. The molecular weight excluding hydrogens is 242 g/mol. The summed E-state index contributed by atoms with van der Waals surface area (Å²) < 4.78 is 0. The maximum atomic E-state index is 5.86. The fraction of sp³-hybridized carbons (Fsp3) is 0.571. The minimum absolute atomic E-state index is 0.860. The van der Waals surface area contributed by atoms with Crippen molar-refractivity contribution in [2.24, 2.45) is 0 Å². The van der Waals surface area contributed by atoms with Gasteiger partial charge in [-0.25, -0.2) is 0 Å². The van der Waals surface area contributed by atoms with E-state index in [0.717, 1.165) is 12.1 Å². The van der Waals surface area contributed by atoms with Gasteiger partial charge >= 0.3 is 0 Å². The van der Waals surface area contributed by atoms with Crippen LogP contribution < -0.4 is 11.1 Å². The van der Waals surface area contributed by atoms with Crippen molar-refractivity contribution in [3.05, 3.63) is 23.8 Å². The van der Waals surface area contributed by atoms with Crippen molar-refractivity contribution >= 4 is 23.1 Å². The Balaban J connectivity index is 1.83. The molecule has 0 spiro atoms. The van der Waals surface area contributed by atoms with Crippen molar-refractivity contribution in [3.63, 3.8) is 0 Å². The predicted octanol–water partition coefficient (Wildman–Crippen LogP) is 2.29. The highest BCUT2D eigenvalue weighted by atomic mass is 32.2. The lowest BCUT2D eigenvalue weighted by Crippen LogP contribution is -2.33. The van der Waals surface area contributed by atoms with Crippen LogP contribution in [-0.4, -0.2) is 43.1 Å². The fourth-order valence-electron chi connectivity index (χ4n) is 2.38. The van der Waals surface area contributed by atoms with E-state index in [4.69, 9.17) is 5.73 Å². The van der Waals surface area contributed by atoms with Crippen molar-refractivity contribution in [1.82, 2.24) is 4.90 Å². The molecule has 0 saturated carbocycles. The van der Waals surface area contributed by atoms with Crippen LogP contribution >= 0.6 is 11.8 Å². The fourth-order valence-corrected chi connectivity index (χ4v) is 3.36. The number of rotatable bonds is 5. The Hall–Kier alpha value is -0.870. The molecule has 0 aliphatic carbocycles. The normalized spacial score (nSPS) is 16.7. The lowest BCUT2D eigenvalue weighted by molar-refractivity contribution is 0.299. The number of benzene rings is 1. The maximum Gasteiger partial charge on any atom is 0.0371 e. The van der Waals surface area contributed by atoms with Gasteiger partial charge in [-0.1, -0.05) is 0 Å². The lowest BCUT2D eigenvalue weighted by Gasteiger charge is -2.26. The average molecular weight is 265 g/mol. The monoisotopic (exact) mass is 265 g/mol. The summed E-state index contributed by atoms with van der Waals surface area (Å²) in [5.41, 5.74) is 9.26. The Morgan fingerprint density at radius 3 is 2.83 bits per heavy atom. The molecule has 1 heterocycles. The first-order chi connectivity index (χ1) is 8.79. The van der Waals surface area contributed by atoms with E-state index < -0.39 is 0 Å². The Labute approximate surface area is 114 Å². The Bertz CT molecular complexity index is 375. The van der Waals surface area contributed by atoms with Gasteiger partial charge in [0.25, 0.3) is 0 Å². The van der Waals surface area contributed by atoms with Crippen molar-refractivity contribution < 1.29 is 0 Å². The van der Waals surface area contributed by atoms with Crippen LogP contribution in [0, 0.1) is 0 Å². The van der Waals surface area contributed by atoms with E-state index in [1.165, 1.54) is 48.8 Å². The van der Waals surface area contributed by atoms with E-state index in [1.54, 1.807) is 0 Å². The quantitative estimate of drug-likeness (QED) is 0.802. The molecule has 1 saturated heterocycles. The first-order valence-electron chi connectivity index (χ1n) is 6.66. The molecule has 0 amide bonds. The average Bonchev–Trinajstić information content (AvgIpc) is 2.40. The second-order valence-corrected chi connectivity index (χ2v) is 5.95. The van der Waals surface area contributed by atoms with Gasteiger partial charge in [-0.2, -0.15) is 11.8 Å². The number of nitrogen functional groups attached to an aromatic ring is 1. The number of nitrogens with two attached hydrogens (primary N) is 1. The highest BCUT2D eigenvalue weighted by Gasteiger charge is 2.10. The summed E-state index contributed by atoms with van der Waals surface area (Å²) in [4.78, 5) is 2.57. The summed E-state index contributed by atoms with van der Waals surface area (Å²) >= 11 is 2.07. The summed E-state index contributed by atoms with van der Waals surface area (Å²) in [5, 5.41) is 3.24. The van der Waals surface area contributed by atoms with Gasteiger partial charge in [0.15, 0.2) is 0 Å². The molecule has 0 aromatic heterocycles. The third-order valence-electron chi connectivity index (χ3n) is 3.42. The van der Waals surface area contributed by atoms with E-state index in [0.29, 0.717) is 0 Å². The van der Waals surface area contributed by atoms with Crippen LogP contribution in [0.1, 0.15) is 12.0 Å². The molecule has 100 valence electrons. The van der Waals surface area contributed by atoms with Gasteiger partial charge < -0.3 is 16.0 Å². The standard InChI is InChI=1S/C14H23N3S/c1-16-14-5-4-13(15)11-12(14)3-2-6-17-7-9-18-10-8-17/h4-5,11,16H,2-3,6-10,15H2,1H3. The van der Waals surface area contributed by atoms with Crippen molar-refractivity contribution in [1.29, 1.82) is 0 Å². The van der Waals surface area contributed by atoms with Gasteiger partial charge in [-0.05, 0) is 43.1 Å². The van der Waals surface area contributed by atoms with Gasteiger partial charge in [0.1, 0.15) is 0 Å². The zero-order valence-corrected chi connectivity index (χ0v) is 11.9. The van der Waals surface area contributed by atoms with E-state index in [-0.39, 0.29) is 0 Å². The van der Waals surface area contributed by atoms with E-state index in [1.807, 2.05) is 13.1 Å². The molecule has 0 bridgehead atoms. The molecule has 3 N–H and O–H groups in total. The van der Waals surface area contributed by atoms with Crippen molar-refractivity contribution in [2.45, 2.75) is 12.8 Å². The second kappa shape index (κ2) is 6.90. The zero-order valence-electron chi connectivity index (χ0n) is 11.1. The summed E-state index contributed by atoms with van der Waals surface area (Å²) in [6.07, 6.45) is 2.31. The number of nitrogens with one attached hydrogen (secondary N) is 1. The minimum atomic E-state index is 0.860. The summed E-state index contributed by atoms with van der Waals surface area (Å²) in [6.45, 7) is 3.71. The molecule has 1 fully saturated rings. The van der Waals surface area contributed by atoms with Gasteiger partial charge in [-0.3, -0.25) is 0 Å². The van der Waals surface area contributed by atoms with Crippen LogP contribution in [0.25, 0.3) is 0 Å². The van der Waals surface area contributed by atoms with Crippen LogP contribution in [0.3, 0.4) is 0 Å². The van der Waals surface area contributed by atoms with Gasteiger partial charge in [0.2, 0.25) is 0 Å². The van der Waals surface area contributed by atoms with Crippen molar-refractivity contribution in [2.75, 3.05) is 49.2 Å². The first-order valence-corrected chi connectivity index (χ1v) is 7.81. The van der Waals surface area contributed by atoms with E-state index in [9.17, 15) is 0 Å². The summed E-state index contributed by atoms with van der Waals surface area (Å²) in [7, 11) is 1.97. The van der Waals surface area contributed by atoms with Crippen LogP contribution in [0.2, 0.25) is 0 Å². The molecule has 1 aromatic carbocycles. The third-order valence-corrected chi connectivity index (χ3v) is 4.37. The minimum Gasteiger partial charge on any atom is -0.399 e. The van der Waals surface area contributed by atoms with Gasteiger partial charge in [0.05, 0.1) is 0 Å². The molecule has 4 heteroatoms. The molecular formula is C14H23N3S. The largest absolute Gasteiger partial charge is 0.399 e. The highest BCUT2D eigenvalue weighted by Crippen LogP contribution is 2.20. The smallest absolute Gasteiger partial charge is 0.0371 e. The van der Waals surface area contributed by atoms with Crippen LogP contribution in [0.5, 0.6) is 0 Å². The Morgan fingerprint density at radius 1 is 1.33 bits per heavy atom. The number of hydrogen-bond acceptors (Lipinski definition) is 4. The van der Waals surface area contributed by atoms with E-state index in [2.05, 4.69) is 34.1 Å². The Kier molecular flexibility index (Phi) is 5.20. The van der Waals surface area contributed by atoms with Gasteiger partial charge in [0, 0.05) is 43.0 Å². The van der Waals surface area contributed by atoms with Crippen LogP contribution in [0.4, 0.5) is 11.4 Å². The highest BCUT2D eigenvalue weighted by molar-refractivity contribution is 7.99. The molecule has 1 aliphatic heterocycles. The lowest BCUT2D eigenvalue weighted by atomic mass is 10.1. The summed E-state index contributed by atoms with van der Waals surface area (Å²) in [6, 6.07) is 6.12. The first kappa shape index (κ1) is 13.6. The molecule has 0 atom stereocenters. The van der Waals surface area contributed by atoms with Crippen LogP contribution in [0.15, 0.2) is 18.2 Å². The third kappa shape index (κ3) is 3.82. The number of anilines is 2. The zero-order chi connectivity index (χ0) is 12.8. The molecule has 1 aliphatic rings. The van der Waals surface area contributed by atoms with Gasteiger partial charge in [-0.15, -0.1) is 0 Å². The second-order valence-electron chi connectivity index (χ2n) is 4.72. The number of hydrogen-bond donors (Lipinski definition) is 2. The summed E-state index contributed by atoms with van der Waals surface area (Å²) in [5.74, 6) is 2.58. The molecule has 0 radical (unpaired) electrons. The molecule has 3 nitrogen and oxygen atoms in total. The number of thioether (sulfide) groups is 1. The van der Waals surface area contributed by atoms with Crippen molar-refractivity contribution in [3.8, 4) is 0 Å². The maximum absolute atomic E-state index is 5.86. The SMILES string of the molecule is CNc1ccc(N)cc1CCCN1CCSCC1. The Morgan fingerprint density at radius 2 is 2.11 bits per heavy atom. The molecule has 0 unspecified atom stereocenters. The van der Waals surface area contributed by atoms with E-state index >= 15 is 0 Å².